The minimum absolute atomic E-state index is 0.0143. The Balaban J connectivity index is 1.74. The third-order valence-corrected chi connectivity index (χ3v) is 5.78. The lowest BCUT2D eigenvalue weighted by atomic mass is 9.82. The fourth-order valence-corrected chi connectivity index (χ4v) is 3.80. The summed E-state index contributed by atoms with van der Waals surface area (Å²) in [4.78, 5) is 28.8. The molecule has 0 bridgehead atoms. The van der Waals surface area contributed by atoms with Crippen molar-refractivity contribution in [3.05, 3.63) is 45.7 Å². The van der Waals surface area contributed by atoms with Gasteiger partial charge in [-0.3, -0.25) is 9.59 Å². The summed E-state index contributed by atoms with van der Waals surface area (Å²) >= 11 is 1.15. The van der Waals surface area contributed by atoms with Crippen molar-refractivity contribution in [1.29, 1.82) is 0 Å². The molecule has 2 N–H and O–H groups in total. The van der Waals surface area contributed by atoms with Crippen LogP contribution in [-0.4, -0.2) is 23.3 Å². The molecule has 27 heavy (non-hydrogen) atoms. The number of nitrogens with one attached hydrogen (secondary N) is 2. The van der Waals surface area contributed by atoms with E-state index in [-0.39, 0.29) is 36.8 Å². The minimum atomic E-state index is -1.50. The summed E-state index contributed by atoms with van der Waals surface area (Å²) < 4.78 is 40.3. The summed E-state index contributed by atoms with van der Waals surface area (Å²) in [5.41, 5.74) is -0.151. The highest BCUT2D eigenvalue weighted by molar-refractivity contribution is 7.15. The zero-order valence-electron chi connectivity index (χ0n) is 14.8. The molecule has 1 saturated heterocycles. The van der Waals surface area contributed by atoms with E-state index in [0.29, 0.717) is 22.1 Å². The molecular formula is C18H18F3N3O2S. The molecule has 1 aromatic carbocycles. The van der Waals surface area contributed by atoms with E-state index in [1.165, 1.54) is 6.07 Å². The number of nitrogens with zero attached hydrogens (tertiary/aromatic N) is 1. The number of halogens is 3. The van der Waals surface area contributed by atoms with Crippen molar-refractivity contribution >= 4 is 28.3 Å². The van der Waals surface area contributed by atoms with Gasteiger partial charge in [0.25, 0.3) is 0 Å². The topological polar surface area (TPSA) is 71.1 Å². The molecule has 144 valence electrons. The van der Waals surface area contributed by atoms with Crippen LogP contribution in [0.5, 0.6) is 0 Å². The van der Waals surface area contributed by atoms with Gasteiger partial charge >= 0.3 is 0 Å². The van der Waals surface area contributed by atoms with Gasteiger partial charge in [-0.05, 0) is 31.9 Å². The number of carbonyl (C=O) groups is 2. The van der Waals surface area contributed by atoms with Gasteiger partial charge in [-0.15, -0.1) is 11.3 Å². The molecule has 1 aliphatic heterocycles. The molecule has 0 aliphatic carbocycles. The number of hydrogen-bond acceptors (Lipinski definition) is 4. The van der Waals surface area contributed by atoms with E-state index >= 15 is 0 Å². The number of carbonyl (C=O) groups excluding carboxylic acids is 2. The predicted octanol–water partition coefficient (Wildman–Crippen LogP) is 3.31. The van der Waals surface area contributed by atoms with Crippen molar-refractivity contribution in [1.82, 2.24) is 10.3 Å². The Morgan fingerprint density at radius 2 is 2.07 bits per heavy atom. The van der Waals surface area contributed by atoms with Crippen molar-refractivity contribution in [2.75, 3.05) is 11.9 Å². The van der Waals surface area contributed by atoms with Crippen molar-refractivity contribution in [2.24, 2.45) is 5.41 Å². The second-order valence-corrected chi connectivity index (χ2v) is 7.91. The first-order chi connectivity index (χ1) is 12.7. The number of amides is 2. The lowest BCUT2D eigenvalue weighted by Gasteiger charge is -2.31. The summed E-state index contributed by atoms with van der Waals surface area (Å²) in [6, 6.07) is 2.07. The van der Waals surface area contributed by atoms with E-state index in [1.807, 2.05) is 0 Å². The standard InChI is InChI=1S/C18H18F3N3O2S/c1-9-12(7-10-3-4-11(19)15(21)14(10)20)27-17(23-9)24-16(26)18(2)6-5-13(25)22-8-18/h3-4H,5-8H2,1-2H3,(H,22,25)(H,23,24,26). The molecule has 2 heterocycles. The van der Waals surface area contributed by atoms with Gasteiger partial charge in [0, 0.05) is 24.3 Å². The van der Waals surface area contributed by atoms with E-state index in [2.05, 4.69) is 15.6 Å². The van der Waals surface area contributed by atoms with Gasteiger partial charge in [-0.2, -0.15) is 0 Å². The molecular weight excluding hydrogens is 379 g/mol. The predicted molar refractivity (Wildman–Crippen MR) is 95.0 cm³/mol. The molecule has 1 fully saturated rings. The normalized spacial score (nSPS) is 19.7. The maximum absolute atomic E-state index is 13.9. The van der Waals surface area contributed by atoms with Crippen LogP contribution in [0.15, 0.2) is 12.1 Å². The van der Waals surface area contributed by atoms with Gasteiger partial charge in [0.2, 0.25) is 11.8 Å². The molecule has 3 rings (SSSR count). The molecule has 0 radical (unpaired) electrons. The molecule has 5 nitrogen and oxygen atoms in total. The second-order valence-electron chi connectivity index (χ2n) is 6.83. The fraction of sp³-hybridized carbons (Fsp3) is 0.389. The van der Waals surface area contributed by atoms with Crippen LogP contribution in [-0.2, 0) is 16.0 Å². The Morgan fingerprint density at radius 3 is 2.74 bits per heavy atom. The van der Waals surface area contributed by atoms with E-state index in [9.17, 15) is 22.8 Å². The third kappa shape index (κ3) is 3.97. The van der Waals surface area contributed by atoms with E-state index in [4.69, 9.17) is 0 Å². The van der Waals surface area contributed by atoms with E-state index in [0.717, 1.165) is 17.4 Å². The van der Waals surface area contributed by atoms with Crippen molar-refractivity contribution < 1.29 is 22.8 Å². The lowest BCUT2D eigenvalue weighted by molar-refractivity contribution is -0.130. The number of anilines is 1. The molecule has 1 aliphatic rings. The van der Waals surface area contributed by atoms with Crippen LogP contribution in [0.3, 0.4) is 0 Å². The van der Waals surface area contributed by atoms with Crippen molar-refractivity contribution in [3.8, 4) is 0 Å². The molecule has 2 aromatic rings. The number of thiazole rings is 1. The third-order valence-electron chi connectivity index (χ3n) is 4.71. The van der Waals surface area contributed by atoms with Crippen LogP contribution in [0.25, 0.3) is 0 Å². The maximum Gasteiger partial charge on any atom is 0.233 e. The molecule has 1 atom stereocenters. The number of aryl methyl sites for hydroxylation is 1. The quantitative estimate of drug-likeness (QED) is 0.778. The molecule has 0 spiro atoms. The fourth-order valence-electron chi connectivity index (χ4n) is 2.82. The number of piperidine rings is 1. The smallest absolute Gasteiger partial charge is 0.233 e. The first-order valence-electron chi connectivity index (χ1n) is 8.36. The number of benzene rings is 1. The van der Waals surface area contributed by atoms with Crippen LogP contribution in [0, 0.1) is 29.8 Å². The van der Waals surface area contributed by atoms with Gasteiger partial charge in [-0.25, -0.2) is 18.2 Å². The molecule has 1 aromatic heterocycles. The van der Waals surface area contributed by atoms with E-state index in [1.54, 1.807) is 13.8 Å². The Morgan fingerprint density at radius 1 is 1.33 bits per heavy atom. The van der Waals surface area contributed by atoms with Crippen molar-refractivity contribution in [3.63, 3.8) is 0 Å². The van der Waals surface area contributed by atoms with Crippen LogP contribution < -0.4 is 10.6 Å². The lowest BCUT2D eigenvalue weighted by Crippen LogP contribution is -2.48. The van der Waals surface area contributed by atoms with Crippen LogP contribution in [0.2, 0.25) is 0 Å². The van der Waals surface area contributed by atoms with Gasteiger partial charge < -0.3 is 10.6 Å². The van der Waals surface area contributed by atoms with E-state index < -0.39 is 22.9 Å². The maximum atomic E-state index is 13.9. The Labute approximate surface area is 158 Å². The van der Waals surface area contributed by atoms with Crippen LogP contribution in [0.1, 0.15) is 35.9 Å². The van der Waals surface area contributed by atoms with Gasteiger partial charge in [-0.1, -0.05) is 6.07 Å². The average Bonchev–Trinajstić information content (AvgIpc) is 2.97. The van der Waals surface area contributed by atoms with Crippen LogP contribution in [0.4, 0.5) is 18.3 Å². The molecule has 2 amide bonds. The van der Waals surface area contributed by atoms with Gasteiger partial charge in [0.1, 0.15) is 0 Å². The van der Waals surface area contributed by atoms with Gasteiger partial charge in [0.15, 0.2) is 22.6 Å². The first kappa shape index (κ1) is 19.3. The number of rotatable bonds is 4. The molecule has 0 saturated carbocycles. The highest BCUT2D eigenvalue weighted by atomic mass is 32.1. The monoisotopic (exact) mass is 397 g/mol. The Kier molecular flexibility index (Phi) is 5.23. The number of hydrogen-bond donors (Lipinski definition) is 2. The summed E-state index contributed by atoms with van der Waals surface area (Å²) in [6.07, 6.45) is 0.749. The number of aromatic nitrogens is 1. The zero-order chi connectivity index (χ0) is 19.8. The summed E-state index contributed by atoms with van der Waals surface area (Å²) in [5.74, 6) is -4.31. The summed E-state index contributed by atoms with van der Waals surface area (Å²) in [5, 5.41) is 5.76. The average molecular weight is 397 g/mol. The van der Waals surface area contributed by atoms with Crippen LogP contribution >= 0.6 is 11.3 Å². The highest BCUT2D eigenvalue weighted by Gasteiger charge is 2.37. The van der Waals surface area contributed by atoms with Crippen molar-refractivity contribution in [2.45, 2.75) is 33.1 Å². The van der Waals surface area contributed by atoms with Gasteiger partial charge in [0.05, 0.1) is 11.1 Å². The Hall–Kier alpha value is -2.42. The second kappa shape index (κ2) is 7.30. The SMILES string of the molecule is Cc1nc(NC(=O)C2(C)CCC(=O)NC2)sc1Cc1ccc(F)c(F)c1F. The minimum Gasteiger partial charge on any atom is -0.355 e. The molecule has 1 unspecified atom stereocenters. The largest absolute Gasteiger partial charge is 0.355 e. The first-order valence-corrected chi connectivity index (χ1v) is 9.18. The molecule has 9 heteroatoms. The Bertz CT molecular complexity index is 903. The summed E-state index contributed by atoms with van der Waals surface area (Å²) in [6.45, 7) is 3.70. The summed E-state index contributed by atoms with van der Waals surface area (Å²) in [7, 11) is 0. The zero-order valence-corrected chi connectivity index (χ0v) is 15.6. The highest BCUT2D eigenvalue weighted by Crippen LogP contribution is 2.31.